The molecule has 1 aliphatic heterocycles. The smallest absolute Gasteiger partial charge is 0.339 e. The number of rotatable bonds is 6. The van der Waals surface area contributed by atoms with Gasteiger partial charge in [0.05, 0.1) is 16.3 Å². The standard InChI is InChI=1S/C33H24N2O4S2/c1-23-16-19-27(20-17-23)41(37,38)39-30-21-18-24-10-8-9-15-28(24)29(30)22-31-32(36)35(26-13-6-3-7-14-26)33(40-31)34-25-11-4-2-5-12-25/h2-22H,1H3/b31-22-,34-33?. The van der Waals surface area contributed by atoms with Crippen molar-refractivity contribution in [3.63, 3.8) is 0 Å². The third-order valence-electron chi connectivity index (χ3n) is 6.52. The van der Waals surface area contributed by atoms with E-state index in [1.165, 1.54) is 23.9 Å². The minimum Gasteiger partial charge on any atom is -0.378 e. The molecule has 0 bridgehead atoms. The van der Waals surface area contributed by atoms with Gasteiger partial charge in [0.15, 0.2) is 10.9 Å². The normalized spacial score (nSPS) is 15.6. The number of carbonyl (C=O) groups is 1. The number of aliphatic imine (C=N–C) groups is 1. The molecule has 0 aliphatic carbocycles. The number of hydrogen-bond donors (Lipinski definition) is 0. The molecule has 0 atom stereocenters. The number of benzene rings is 5. The van der Waals surface area contributed by atoms with Crippen molar-refractivity contribution in [2.75, 3.05) is 4.90 Å². The number of amides is 1. The number of fused-ring (bicyclic) bond motifs is 1. The monoisotopic (exact) mass is 576 g/mol. The molecule has 5 aromatic rings. The molecule has 0 radical (unpaired) electrons. The van der Waals surface area contributed by atoms with Crippen LogP contribution >= 0.6 is 11.8 Å². The van der Waals surface area contributed by atoms with E-state index in [0.29, 0.717) is 27.0 Å². The molecule has 0 N–H and O–H groups in total. The predicted octanol–water partition coefficient (Wildman–Crippen LogP) is 7.72. The Labute approximate surface area is 242 Å². The predicted molar refractivity (Wildman–Crippen MR) is 166 cm³/mol. The molecular formula is C33H24N2O4S2. The molecule has 41 heavy (non-hydrogen) atoms. The Morgan fingerprint density at radius 2 is 1.44 bits per heavy atom. The lowest BCUT2D eigenvalue weighted by Gasteiger charge is -2.15. The summed E-state index contributed by atoms with van der Waals surface area (Å²) in [6.07, 6.45) is 1.69. The van der Waals surface area contributed by atoms with E-state index in [1.807, 2.05) is 91.9 Å². The molecule has 1 fully saturated rings. The number of aryl methyl sites for hydroxylation is 1. The van der Waals surface area contributed by atoms with Crippen LogP contribution in [0.25, 0.3) is 16.8 Å². The van der Waals surface area contributed by atoms with Crippen molar-refractivity contribution >= 4 is 61.2 Å². The first kappa shape index (κ1) is 26.6. The minimum atomic E-state index is -4.13. The van der Waals surface area contributed by atoms with Gasteiger partial charge in [0.1, 0.15) is 4.90 Å². The summed E-state index contributed by atoms with van der Waals surface area (Å²) in [6, 6.07) is 36.2. The molecule has 1 aliphatic rings. The van der Waals surface area contributed by atoms with Gasteiger partial charge in [-0.1, -0.05) is 84.4 Å². The number of hydrogen-bond acceptors (Lipinski definition) is 6. The summed E-state index contributed by atoms with van der Waals surface area (Å²) < 4.78 is 32.2. The zero-order valence-electron chi connectivity index (χ0n) is 22.0. The van der Waals surface area contributed by atoms with Crippen molar-refractivity contribution in [1.29, 1.82) is 0 Å². The van der Waals surface area contributed by atoms with Gasteiger partial charge in [0, 0.05) is 5.56 Å². The van der Waals surface area contributed by atoms with E-state index in [0.717, 1.165) is 16.3 Å². The molecule has 6 nitrogen and oxygen atoms in total. The zero-order valence-corrected chi connectivity index (χ0v) is 23.6. The van der Waals surface area contributed by atoms with Gasteiger partial charge in [-0.05, 0) is 78.0 Å². The van der Waals surface area contributed by atoms with Gasteiger partial charge in [-0.15, -0.1) is 0 Å². The molecule has 1 saturated heterocycles. The van der Waals surface area contributed by atoms with Crippen LogP contribution in [-0.2, 0) is 14.9 Å². The Bertz CT molecular complexity index is 1920. The lowest BCUT2D eigenvalue weighted by molar-refractivity contribution is -0.113. The van der Waals surface area contributed by atoms with Crippen LogP contribution in [0.2, 0.25) is 0 Å². The fourth-order valence-electron chi connectivity index (χ4n) is 4.47. The van der Waals surface area contributed by atoms with Crippen LogP contribution in [0, 0.1) is 6.92 Å². The molecule has 1 heterocycles. The molecule has 202 valence electrons. The van der Waals surface area contributed by atoms with Crippen molar-refractivity contribution in [2.24, 2.45) is 4.99 Å². The average molecular weight is 577 g/mol. The van der Waals surface area contributed by atoms with E-state index >= 15 is 0 Å². The summed E-state index contributed by atoms with van der Waals surface area (Å²) in [6.45, 7) is 1.88. The van der Waals surface area contributed by atoms with E-state index < -0.39 is 10.1 Å². The highest BCUT2D eigenvalue weighted by molar-refractivity contribution is 8.19. The zero-order chi connectivity index (χ0) is 28.4. The van der Waals surface area contributed by atoms with Crippen molar-refractivity contribution in [1.82, 2.24) is 0 Å². The van der Waals surface area contributed by atoms with Crippen LogP contribution in [-0.4, -0.2) is 19.5 Å². The first-order valence-electron chi connectivity index (χ1n) is 12.8. The largest absolute Gasteiger partial charge is 0.378 e. The lowest BCUT2D eigenvalue weighted by Crippen LogP contribution is -2.28. The first-order valence-corrected chi connectivity index (χ1v) is 15.1. The number of carbonyl (C=O) groups excluding carboxylic acids is 1. The minimum absolute atomic E-state index is 0.0497. The van der Waals surface area contributed by atoms with Gasteiger partial charge >= 0.3 is 10.1 Å². The van der Waals surface area contributed by atoms with Crippen LogP contribution in [0.5, 0.6) is 5.75 Å². The Hall–Kier alpha value is -4.66. The van der Waals surface area contributed by atoms with Crippen molar-refractivity contribution < 1.29 is 17.4 Å². The van der Waals surface area contributed by atoms with Crippen LogP contribution in [0.4, 0.5) is 11.4 Å². The van der Waals surface area contributed by atoms with Crippen LogP contribution in [0.1, 0.15) is 11.1 Å². The topological polar surface area (TPSA) is 76.0 Å². The SMILES string of the molecule is Cc1ccc(S(=O)(=O)Oc2ccc3ccccc3c2/C=C2\SC(=Nc3ccccc3)N(c3ccccc3)C2=O)cc1. The Balaban J connectivity index is 1.48. The highest BCUT2D eigenvalue weighted by Gasteiger charge is 2.35. The third-order valence-corrected chi connectivity index (χ3v) is 8.73. The van der Waals surface area contributed by atoms with Crippen molar-refractivity contribution in [3.05, 3.63) is 137 Å². The van der Waals surface area contributed by atoms with Crippen molar-refractivity contribution in [3.8, 4) is 5.75 Å². The maximum Gasteiger partial charge on any atom is 0.339 e. The van der Waals surface area contributed by atoms with Gasteiger partial charge < -0.3 is 4.18 Å². The van der Waals surface area contributed by atoms with E-state index in [4.69, 9.17) is 9.18 Å². The highest BCUT2D eigenvalue weighted by Crippen LogP contribution is 2.40. The molecule has 0 saturated carbocycles. The summed E-state index contributed by atoms with van der Waals surface area (Å²) in [4.78, 5) is 20.7. The van der Waals surface area contributed by atoms with Crippen molar-refractivity contribution in [2.45, 2.75) is 11.8 Å². The Morgan fingerprint density at radius 1 is 0.780 bits per heavy atom. The summed E-state index contributed by atoms with van der Waals surface area (Å²) in [5.74, 6) is -0.138. The summed E-state index contributed by atoms with van der Waals surface area (Å²) in [5.41, 5.74) is 2.82. The fourth-order valence-corrected chi connectivity index (χ4v) is 6.40. The van der Waals surface area contributed by atoms with E-state index in [-0.39, 0.29) is 16.6 Å². The maximum absolute atomic E-state index is 13.9. The van der Waals surface area contributed by atoms with Gasteiger partial charge in [0.2, 0.25) is 0 Å². The Morgan fingerprint density at radius 3 is 2.17 bits per heavy atom. The highest BCUT2D eigenvalue weighted by atomic mass is 32.2. The van der Waals surface area contributed by atoms with Crippen LogP contribution < -0.4 is 9.08 Å². The van der Waals surface area contributed by atoms with Gasteiger partial charge in [0.25, 0.3) is 5.91 Å². The number of thioether (sulfide) groups is 1. The summed E-state index contributed by atoms with van der Waals surface area (Å²) >= 11 is 1.23. The molecule has 0 unspecified atom stereocenters. The molecule has 0 spiro atoms. The second kappa shape index (κ2) is 11.1. The fraction of sp³-hybridized carbons (Fsp3) is 0.0303. The van der Waals surface area contributed by atoms with E-state index in [1.54, 1.807) is 35.2 Å². The molecule has 0 aromatic heterocycles. The summed E-state index contributed by atoms with van der Waals surface area (Å²) in [7, 11) is -4.13. The third kappa shape index (κ3) is 5.52. The number of anilines is 1. The van der Waals surface area contributed by atoms with Gasteiger partial charge in [-0.3, -0.25) is 9.69 Å². The second-order valence-electron chi connectivity index (χ2n) is 9.37. The maximum atomic E-state index is 13.9. The molecular weight excluding hydrogens is 553 g/mol. The Kier molecular flexibility index (Phi) is 7.17. The lowest BCUT2D eigenvalue weighted by atomic mass is 10.0. The molecule has 6 rings (SSSR count). The molecule has 5 aromatic carbocycles. The van der Waals surface area contributed by atoms with E-state index in [2.05, 4.69) is 0 Å². The second-order valence-corrected chi connectivity index (χ2v) is 11.9. The van der Waals surface area contributed by atoms with Crippen LogP contribution in [0.15, 0.2) is 136 Å². The van der Waals surface area contributed by atoms with Gasteiger partial charge in [-0.2, -0.15) is 8.42 Å². The average Bonchev–Trinajstić information content (AvgIpc) is 3.29. The van der Waals surface area contributed by atoms with Crippen LogP contribution in [0.3, 0.4) is 0 Å². The quantitative estimate of drug-likeness (QED) is 0.153. The molecule has 8 heteroatoms. The number of nitrogens with zero attached hydrogens (tertiary/aromatic N) is 2. The van der Waals surface area contributed by atoms with E-state index in [9.17, 15) is 13.2 Å². The summed E-state index contributed by atoms with van der Waals surface area (Å²) in [5, 5.41) is 2.13. The number of para-hydroxylation sites is 2. The van der Waals surface area contributed by atoms with Gasteiger partial charge in [-0.25, -0.2) is 4.99 Å². The first-order chi connectivity index (χ1) is 19.9. The molecule has 1 amide bonds. The number of amidine groups is 1.